The van der Waals surface area contributed by atoms with Crippen LogP contribution in [0.25, 0.3) is 10.4 Å². The molecule has 0 atom stereocenters. The van der Waals surface area contributed by atoms with Crippen molar-refractivity contribution >= 4 is 15.9 Å². The lowest BCUT2D eigenvalue weighted by atomic mass is 10.1. The Bertz CT molecular complexity index is 343. The van der Waals surface area contributed by atoms with Crippen molar-refractivity contribution in [3.8, 4) is 0 Å². The molecule has 68 valence electrons. The Balaban J connectivity index is 2.68. The summed E-state index contributed by atoms with van der Waals surface area (Å²) in [5, 5.41) is 3.49. The van der Waals surface area contributed by atoms with Gasteiger partial charge in [0.05, 0.1) is 0 Å². The zero-order valence-electron chi connectivity index (χ0n) is 7.37. The number of azide groups is 1. The first kappa shape index (κ1) is 10.1. The standard InChI is InChI=1S/C9H10BrN3/c1-7-6-8(2-3-9(7)10)4-5-12-13-11/h2-3,6H,4-5H2,1H3. The highest BCUT2D eigenvalue weighted by Gasteiger charge is 1.96. The van der Waals surface area contributed by atoms with Gasteiger partial charge >= 0.3 is 0 Å². The summed E-state index contributed by atoms with van der Waals surface area (Å²) in [7, 11) is 0. The van der Waals surface area contributed by atoms with E-state index in [-0.39, 0.29) is 0 Å². The molecule has 13 heavy (non-hydrogen) atoms. The summed E-state index contributed by atoms with van der Waals surface area (Å²) in [6.07, 6.45) is 0.804. The number of nitrogens with zero attached hydrogens (tertiary/aromatic N) is 3. The van der Waals surface area contributed by atoms with Crippen LogP contribution in [-0.4, -0.2) is 6.54 Å². The van der Waals surface area contributed by atoms with E-state index in [1.54, 1.807) is 0 Å². The molecule has 0 bridgehead atoms. The molecule has 0 N–H and O–H groups in total. The molecule has 0 radical (unpaired) electrons. The first-order valence-electron chi connectivity index (χ1n) is 4.00. The van der Waals surface area contributed by atoms with Crippen LogP contribution in [0.1, 0.15) is 11.1 Å². The van der Waals surface area contributed by atoms with Crippen molar-refractivity contribution in [1.29, 1.82) is 0 Å². The van der Waals surface area contributed by atoms with Gasteiger partial charge in [0, 0.05) is 15.9 Å². The fourth-order valence-corrected chi connectivity index (χ4v) is 1.33. The first-order valence-corrected chi connectivity index (χ1v) is 4.79. The lowest BCUT2D eigenvalue weighted by Gasteiger charge is -2.01. The molecule has 1 rings (SSSR count). The van der Waals surface area contributed by atoms with Crippen LogP contribution in [0.4, 0.5) is 0 Å². The number of aryl methyl sites for hydroxylation is 1. The minimum Gasteiger partial charge on any atom is -0.0936 e. The second-order valence-corrected chi connectivity index (χ2v) is 3.64. The predicted molar refractivity (Wildman–Crippen MR) is 56.6 cm³/mol. The van der Waals surface area contributed by atoms with Crippen LogP contribution in [0.5, 0.6) is 0 Å². The lowest BCUT2D eigenvalue weighted by molar-refractivity contribution is 0.954. The summed E-state index contributed by atoms with van der Waals surface area (Å²) in [6, 6.07) is 6.14. The summed E-state index contributed by atoms with van der Waals surface area (Å²) in [4.78, 5) is 2.71. The fourth-order valence-electron chi connectivity index (χ4n) is 1.09. The molecule has 3 nitrogen and oxygen atoms in total. The molecule has 0 amide bonds. The maximum absolute atomic E-state index is 8.09. The Kier molecular flexibility index (Phi) is 3.80. The molecule has 0 aromatic heterocycles. The van der Waals surface area contributed by atoms with E-state index in [2.05, 4.69) is 32.0 Å². The number of rotatable bonds is 3. The Morgan fingerprint density at radius 1 is 1.54 bits per heavy atom. The van der Waals surface area contributed by atoms with Gasteiger partial charge in [-0.1, -0.05) is 33.2 Å². The van der Waals surface area contributed by atoms with Crippen molar-refractivity contribution in [3.05, 3.63) is 44.2 Å². The fraction of sp³-hybridized carbons (Fsp3) is 0.333. The topological polar surface area (TPSA) is 48.8 Å². The summed E-state index contributed by atoms with van der Waals surface area (Å²) >= 11 is 3.43. The number of benzene rings is 1. The number of halogens is 1. The average Bonchev–Trinajstić information content (AvgIpc) is 2.12. The molecule has 0 fully saturated rings. The van der Waals surface area contributed by atoms with Gasteiger partial charge in [0.1, 0.15) is 0 Å². The van der Waals surface area contributed by atoms with Gasteiger partial charge in [-0.05, 0) is 36.1 Å². The third kappa shape index (κ3) is 3.09. The van der Waals surface area contributed by atoms with Crippen molar-refractivity contribution < 1.29 is 0 Å². The van der Waals surface area contributed by atoms with Crippen LogP contribution in [-0.2, 0) is 6.42 Å². The highest BCUT2D eigenvalue weighted by atomic mass is 79.9. The second-order valence-electron chi connectivity index (χ2n) is 2.79. The van der Waals surface area contributed by atoms with E-state index in [0.717, 1.165) is 10.9 Å². The highest BCUT2D eigenvalue weighted by molar-refractivity contribution is 9.10. The zero-order valence-corrected chi connectivity index (χ0v) is 8.95. The van der Waals surface area contributed by atoms with E-state index in [9.17, 15) is 0 Å². The molecule has 0 unspecified atom stereocenters. The van der Waals surface area contributed by atoms with Crippen molar-refractivity contribution in [1.82, 2.24) is 0 Å². The lowest BCUT2D eigenvalue weighted by Crippen LogP contribution is -1.89. The SMILES string of the molecule is Cc1cc(CCN=[N+]=[N-])ccc1Br. The van der Waals surface area contributed by atoms with Crippen LogP contribution < -0.4 is 0 Å². The Hall–Kier alpha value is -0.990. The van der Waals surface area contributed by atoms with Crippen LogP contribution >= 0.6 is 15.9 Å². The van der Waals surface area contributed by atoms with E-state index in [4.69, 9.17) is 5.53 Å². The second kappa shape index (κ2) is 4.90. The molecule has 0 aliphatic carbocycles. The van der Waals surface area contributed by atoms with Crippen LogP contribution in [0, 0.1) is 6.92 Å². The Morgan fingerprint density at radius 3 is 2.92 bits per heavy atom. The third-order valence-electron chi connectivity index (χ3n) is 1.79. The normalized spacial score (nSPS) is 9.38. The third-order valence-corrected chi connectivity index (χ3v) is 2.68. The monoisotopic (exact) mass is 239 g/mol. The number of hydrogen-bond donors (Lipinski definition) is 0. The molecule has 0 aliphatic rings. The smallest absolute Gasteiger partial charge is 0.0298 e. The molecular formula is C9H10BrN3. The van der Waals surface area contributed by atoms with Gasteiger partial charge in [-0.25, -0.2) is 0 Å². The molecule has 0 saturated heterocycles. The average molecular weight is 240 g/mol. The van der Waals surface area contributed by atoms with Crippen molar-refractivity contribution in [2.75, 3.05) is 6.54 Å². The van der Waals surface area contributed by atoms with Crippen molar-refractivity contribution in [3.63, 3.8) is 0 Å². The van der Waals surface area contributed by atoms with Crippen LogP contribution in [0.3, 0.4) is 0 Å². The van der Waals surface area contributed by atoms with Gasteiger partial charge in [-0.3, -0.25) is 0 Å². The van der Waals surface area contributed by atoms with E-state index < -0.39 is 0 Å². The van der Waals surface area contributed by atoms with Crippen LogP contribution in [0.15, 0.2) is 27.8 Å². The summed E-state index contributed by atoms with van der Waals surface area (Å²) in [6.45, 7) is 2.57. The molecule has 0 spiro atoms. The minimum atomic E-state index is 0.525. The van der Waals surface area contributed by atoms with Crippen molar-refractivity contribution in [2.45, 2.75) is 13.3 Å². The van der Waals surface area contributed by atoms with E-state index in [0.29, 0.717) is 6.54 Å². The van der Waals surface area contributed by atoms with Gasteiger partial charge in [0.2, 0.25) is 0 Å². The quantitative estimate of drug-likeness (QED) is 0.440. The predicted octanol–water partition coefficient (Wildman–Crippen LogP) is 3.61. The largest absolute Gasteiger partial charge is 0.0936 e. The van der Waals surface area contributed by atoms with Gasteiger partial charge in [0.15, 0.2) is 0 Å². The highest BCUT2D eigenvalue weighted by Crippen LogP contribution is 2.17. The van der Waals surface area contributed by atoms with Gasteiger partial charge < -0.3 is 0 Å². The molecule has 1 aromatic rings. The zero-order chi connectivity index (χ0) is 9.68. The molecule has 4 heteroatoms. The summed E-state index contributed by atoms with van der Waals surface area (Å²) in [5.74, 6) is 0. The molecule has 1 aromatic carbocycles. The van der Waals surface area contributed by atoms with Gasteiger partial charge in [-0.15, -0.1) is 0 Å². The first-order chi connectivity index (χ1) is 6.24. The summed E-state index contributed by atoms with van der Waals surface area (Å²) < 4.78 is 1.11. The van der Waals surface area contributed by atoms with Gasteiger partial charge in [0.25, 0.3) is 0 Å². The number of hydrogen-bond acceptors (Lipinski definition) is 1. The van der Waals surface area contributed by atoms with Crippen LogP contribution in [0.2, 0.25) is 0 Å². The Morgan fingerprint density at radius 2 is 2.31 bits per heavy atom. The minimum absolute atomic E-state index is 0.525. The molecular weight excluding hydrogens is 230 g/mol. The summed E-state index contributed by atoms with van der Waals surface area (Å²) in [5.41, 5.74) is 10.5. The molecule has 0 aliphatic heterocycles. The Labute approximate surface area is 85.5 Å². The maximum Gasteiger partial charge on any atom is 0.0298 e. The van der Waals surface area contributed by atoms with E-state index >= 15 is 0 Å². The molecule has 0 saturated carbocycles. The van der Waals surface area contributed by atoms with Gasteiger partial charge in [-0.2, -0.15) is 0 Å². The maximum atomic E-state index is 8.09. The van der Waals surface area contributed by atoms with E-state index in [1.165, 1.54) is 11.1 Å². The van der Waals surface area contributed by atoms with E-state index in [1.807, 2.05) is 19.1 Å². The molecule has 0 heterocycles. The van der Waals surface area contributed by atoms with Crippen molar-refractivity contribution in [2.24, 2.45) is 5.11 Å².